The van der Waals surface area contributed by atoms with Crippen molar-refractivity contribution in [2.24, 2.45) is 5.10 Å². The second-order valence-corrected chi connectivity index (χ2v) is 7.22. The summed E-state index contributed by atoms with van der Waals surface area (Å²) in [6.07, 6.45) is 3.20. The van der Waals surface area contributed by atoms with Gasteiger partial charge in [0.25, 0.3) is 10.0 Å². The van der Waals surface area contributed by atoms with Crippen molar-refractivity contribution in [1.82, 2.24) is 4.83 Å². The zero-order chi connectivity index (χ0) is 18.8. The maximum Gasteiger partial charge on any atom is 0.276 e. The van der Waals surface area contributed by atoms with Gasteiger partial charge < -0.3 is 9.47 Å². The number of hydrazone groups is 1. The normalized spacial score (nSPS) is 11.5. The van der Waals surface area contributed by atoms with Gasteiger partial charge in [-0.2, -0.15) is 13.5 Å². The first-order chi connectivity index (χ1) is 12.6. The second kappa shape index (κ2) is 9.82. The van der Waals surface area contributed by atoms with E-state index in [1.54, 1.807) is 30.3 Å². The number of hydrogen-bond acceptors (Lipinski definition) is 5. The summed E-state index contributed by atoms with van der Waals surface area (Å²) in [6, 6.07) is 13.5. The van der Waals surface area contributed by atoms with Crippen LogP contribution in [-0.4, -0.2) is 27.8 Å². The van der Waals surface area contributed by atoms with Crippen molar-refractivity contribution in [3.63, 3.8) is 0 Å². The van der Waals surface area contributed by atoms with Gasteiger partial charge in [-0.25, -0.2) is 4.83 Å². The van der Waals surface area contributed by atoms with Gasteiger partial charge >= 0.3 is 0 Å². The number of ether oxygens (including phenoxy) is 2. The molecule has 0 radical (unpaired) electrons. The smallest absolute Gasteiger partial charge is 0.276 e. The minimum absolute atomic E-state index is 0.155. The van der Waals surface area contributed by atoms with Crippen molar-refractivity contribution in [2.45, 2.75) is 31.6 Å². The summed E-state index contributed by atoms with van der Waals surface area (Å²) < 4.78 is 35.7. The lowest BCUT2D eigenvalue weighted by Gasteiger charge is -2.11. The molecule has 2 rings (SSSR count). The summed E-state index contributed by atoms with van der Waals surface area (Å²) in [7, 11) is -3.69. The Morgan fingerprint density at radius 3 is 2.38 bits per heavy atom. The molecule has 26 heavy (non-hydrogen) atoms. The van der Waals surface area contributed by atoms with Crippen LogP contribution in [0.25, 0.3) is 0 Å². The zero-order valence-corrected chi connectivity index (χ0v) is 15.8. The highest BCUT2D eigenvalue weighted by Gasteiger charge is 2.11. The molecule has 0 aliphatic rings. The average Bonchev–Trinajstić information content (AvgIpc) is 2.66. The van der Waals surface area contributed by atoms with E-state index in [9.17, 15) is 8.42 Å². The highest BCUT2D eigenvalue weighted by molar-refractivity contribution is 7.89. The van der Waals surface area contributed by atoms with Crippen LogP contribution in [0, 0.1) is 0 Å². The van der Waals surface area contributed by atoms with E-state index in [0.29, 0.717) is 30.3 Å². The highest BCUT2D eigenvalue weighted by Crippen LogP contribution is 2.24. The van der Waals surface area contributed by atoms with E-state index in [4.69, 9.17) is 9.47 Å². The summed E-state index contributed by atoms with van der Waals surface area (Å²) in [5.74, 6) is 1.31. The largest absolute Gasteiger partial charge is 0.493 e. The molecule has 1 N–H and O–H groups in total. The average molecular weight is 376 g/mol. The topological polar surface area (TPSA) is 77.0 Å². The first kappa shape index (κ1) is 19.8. The van der Waals surface area contributed by atoms with E-state index < -0.39 is 10.0 Å². The maximum atomic E-state index is 12.2. The number of nitrogens with one attached hydrogen (secondary N) is 1. The Hall–Kier alpha value is -2.54. The minimum Gasteiger partial charge on any atom is -0.493 e. The zero-order valence-electron chi connectivity index (χ0n) is 15.0. The van der Waals surface area contributed by atoms with E-state index >= 15 is 0 Å². The Kier molecular flexibility index (Phi) is 7.47. The number of nitrogens with zero attached hydrogens (tertiary/aromatic N) is 1. The molecular weight excluding hydrogens is 352 g/mol. The standard InChI is InChI=1S/C19H24N2O4S/c1-3-12-24-17-11-10-16(19(14-17)25-13-4-2)15-20-21-26(22,23)18-8-6-5-7-9-18/h5-11,14-15,21H,3-4,12-13H2,1-2H3. The lowest BCUT2D eigenvalue weighted by molar-refractivity contribution is 0.301. The van der Waals surface area contributed by atoms with Crippen LogP contribution in [0.1, 0.15) is 32.3 Å². The lowest BCUT2D eigenvalue weighted by atomic mass is 10.2. The molecule has 0 fully saturated rings. The van der Waals surface area contributed by atoms with Crippen LogP contribution in [-0.2, 0) is 10.0 Å². The van der Waals surface area contributed by atoms with Gasteiger partial charge in [0.1, 0.15) is 11.5 Å². The SMILES string of the molecule is CCCOc1ccc(C=NNS(=O)(=O)c2ccccc2)c(OCCC)c1. The van der Waals surface area contributed by atoms with Gasteiger partial charge in [0, 0.05) is 11.6 Å². The number of benzene rings is 2. The molecule has 0 unspecified atom stereocenters. The van der Waals surface area contributed by atoms with E-state index in [1.165, 1.54) is 18.3 Å². The van der Waals surface area contributed by atoms with E-state index in [-0.39, 0.29) is 4.90 Å². The third-order valence-corrected chi connectivity index (χ3v) is 4.59. The van der Waals surface area contributed by atoms with Crippen LogP contribution in [0.5, 0.6) is 11.5 Å². The highest BCUT2D eigenvalue weighted by atomic mass is 32.2. The summed E-state index contributed by atoms with van der Waals surface area (Å²) in [5.41, 5.74) is 0.665. The quantitative estimate of drug-likeness (QED) is 0.508. The first-order valence-corrected chi connectivity index (χ1v) is 10.0. The number of rotatable bonds is 10. The first-order valence-electron chi connectivity index (χ1n) is 8.56. The fourth-order valence-corrected chi connectivity index (χ4v) is 2.90. The lowest BCUT2D eigenvalue weighted by Crippen LogP contribution is -2.18. The molecule has 0 saturated carbocycles. The molecular formula is C19H24N2O4S. The summed E-state index contributed by atoms with van der Waals surface area (Å²) in [6.45, 7) is 5.22. The third-order valence-electron chi connectivity index (χ3n) is 3.35. The Labute approximate surface area is 154 Å². The minimum atomic E-state index is -3.69. The molecule has 0 spiro atoms. The van der Waals surface area contributed by atoms with E-state index in [0.717, 1.165) is 12.8 Å². The molecule has 0 atom stereocenters. The van der Waals surface area contributed by atoms with Gasteiger partial charge in [0.15, 0.2) is 0 Å². The van der Waals surface area contributed by atoms with Crippen LogP contribution in [0.2, 0.25) is 0 Å². The summed E-state index contributed by atoms with van der Waals surface area (Å²) in [5, 5.41) is 3.87. The van der Waals surface area contributed by atoms with Gasteiger partial charge in [0.2, 0.25) is 0 Å². The van der Waals surface area contributed by atoms with Gasteiger partial charge in [-0.05, 0) is 37.1 Å². The fraction of sp³-hybridized carbons (Fsp3) is 0.316. The fourth-order valence-electron chi connectivity index (χ4n) is 2.09. The predicted molar refractivity (Wildman–Crippen MR) is 102 cm³/mol. The molecule has 2 aromatic rings. The second-order valence-electron chi connectivity index (χ2n) is 5.56. The van der Waals surface area contributed by atoms with Crippen LogP contribution < -0.4 is 14.3 Å². The molecule has 0 saturated heterocycles. The van der Waals surface area contributed by atoms with Crippen molar-refractivity contribution in [1.29, 1.82) is 0 Å². The van der Waals surface area contributed by atoms with Gasteiger partial charge in [-0.1, -0.05) is 32.0 Å². The summed E-state index contributed by atoms with van der Waals surface area (Å²) >= 11 is 0. The van der Waals surface area contributed by atoms with Crippen LogP contribution >= 0.6 is 0 Å². The Bertz CT molecular complexity index is 821. The molecule has 0 amide bonds. The monoisotopic (exact) mass is 376 g/mol. The predicted octanol–water partition coefficient (Wildman–Crippen LogP) is 3.58. The van der Waals surface area contributed by atoms with Crippen LogP contribution in [0.15, 0.2) is 58.5 Å². The third kappa shape index (κ3) is 5.77. The Balaban J connectivity index is 2.15. The van der Waals surface area contributed by atoms with Crippen molar-refractivity contribution in [3.8, 4) is 11.5 Å². The van der Waals surface area contributed by atoms with E-state index in [1.807, 2.05) is 19.9 Å². The molecule has 0 heterocycles. The van der Waals surface area contributed by atoms with Crippen molar-refractivity contribution in [3.05, 3.63) is 54.1 Å². The van der Waals surface area contributed by atoms with Gasteiger partial charge in [0.05, 0.1) is 24.3 Å². The molecule has 6 nitrogen and oxygen atoms in total. The Morgan fingerprint density at radius 1 is 1.00 bits per heavy atom. The molecule has 0 bridgehead atoms. The van der Waals surface area contributed by atoms with Crippen LogP contribution in [0.3, 0.4) is 0 Å². The number of sulfonamides is 1. The molecule has 0 aliphatic carbocycles. The molecule has 0 aliphatic heterocycles. The Morgan fingerprint density at radius 2 is 1.69 bits per heavy atom. The van der Waals surface area contributed by atoms with Crippen molar-refractivity contribution >= 4 is 16.2 Å². The molecule has 0 aromatic heterocycles. The number of hydrogen-bond donors (Lipinski definition) is 1. The van der Waals surface area contributed by atoms with Crippen molar-refractivity contribution < 1.29 is 17.9 Å². The molecule has 2 aromatic carbocycles. The van der Waals surface area contributed by atoms with E-state index in [2.05, 4.69) is 9.93 Å². The van der Waals surface area contributed by atoms with Gasteiger partial charge in [-0.15, -0.1) is 0 Å². The summed E-state index contributed by atoms with van der Waals surface area (Å²) in [4.78, 5) is 2.37. The molecule has 140 valence electrons. The van der Waals surface area contributed by atoms with Crippen LogP contribution in [0.4, 0.5) is 0 Å². The molecule has 7 heteroatoms. The maximum absolute atomic E-state index is 12.2. The van der Waals surface area contributed by atoms with Gasteiger partial charge in [-0.3, -0.25) is 0 Å². The van der Waals surface area contributed by atoms with Crippen molar-refractivity contribution in [2.75, 3.05) is 13.2 Å².